The molecule has 2 atom stereocenters. The van der Waals surface area contributed by atoms with Gasteiger partial charge in [0.25, 0.3) is 0 Å². The summed E-state index contributed by atoms with van der Waals surface area (Å²) in [6.45, 7) is 6.83. The molecule has 0 spiro atoms. The average Bonchev–Trinajstić information content (AvgIpc) is 2.55. The highest BCUT2D eigenvalue weighted by molar-refractivity contribution is 5.81. The topological polar surface area (TPSA) is 38.3 Å². The van der Waals surface area contributed by atoms with Gasteiger partial charge in [-0.25, -0.2) is 0 Å². The van der Waals surface area contributed by atoms with Gasteiger partial charge in [-0.05, 0) is 31.5 Å². The van der Waals surface area contributed by atoms with Gasteiger partial charge >= 0.3 is 0 Å². The summed E-state index contributed by atoms with van der Waals surface area (Å²) in [6, 6.07) is 8.23. The number of rotatable bonds is 3. The van der Waals surface area contributed by atoms with Crippen LogP contribution in [0.2, 0.25) is 0 Å². The van der Waals surface area contributed by atoms with Gasteiger partial charge in [0.1, 0.15) is 5.75 Å². The molecule has 1 aromatic carbocycles. The van der Waals surface area contributed by atoms with Crippen molar-refractivity contribution >= 4 is 5.91 Å². The minimum absolute atomic E-state index is 0.109. The van der Waals surface area contributed by atoms with Crippen LogP contribution in [0, 0.1) is 0 Å². The van der Waals surface area contributed by atoms with Crippen molar-refractivity contribution in [3.63, 3.8) is 0 Å². The molecular weight excluding hydrogens is 214 g/mol. The van der Waals surface area contributed by atoms with Crippen LogP contribution >= 0.6 is 0 Å². The summed E-state index contributed by atoms with van der Waals surface area (Å²) in [5, 5.41) is 2.98. The lowest BCUT2D eigenvalue weighted by Crippen LogP contribution is -2.35. The summed E-state index contributed by atoms with van der Waals surface area (Å²) < 4.78 is 5.42. The van der Waals surface area contributed by atoms with Crippen LogP contribution in [0.5, 0.6) is 5.75 Å². The number of hydrogen-bond donors (Lipinski definition) is 1. The molecule has 3 nitrogen and oxygen atoms in total. The largest absolute Gasteiger partial charge is 0.494 e. The molecule has 0 aliphatic carbocycles. The monoisotopic (exact) mass is 233 g/mol. The first-order valence-electron chi connectivity index (χ1n) is 6.09. The van der Waals surface area contributed by atoms with Gasteiger partial charge in [-0.3, -0.25) is 4.79 Å². The lowest BCUT2D eigenvalue weighted by molar-refractivity contribution is -0.119. The molecule has 3 heteroatoms. The fraction of sp³-hybridized carbons (Fsp3) is 0.500. The Labute approximate surface area is 102 Å². The predicted octanol–water partition coefficient (Wildman–Crippen LogP) is 2.25. The van der Waals surface area contributed by atoms with Crippen molar-refractivity contribution in [3.8, 4) is 5.75 Å². The third-order valence-electron chi connectivity index (χ3n) is 3.69. The van der Waals surface area contributed by atoms with Gasteiger partial charge in [0.2, 0.25) is 5.91 Å². The predicted molar refractivity (Wildman–Crippen MR) is 67.2 cm³/mol. The van der Waals surface area contributed by atoms with Crippen LogP contribution in [0.1, 0.15) is 32.8 Å². The maximum atomic E-state index is 11.5. The van der Waals surface area contributed by atoms with Gasteiger partial charge in [-0.15, -0.1) is 0 Å². The fourth-order valence-corrected chi connectivity index (χ4v) is 2.39. The highest BCUT2D eigenvalue weighted by Crippen LogP contribution is 2.36. The second-order valence-corrected chi connectivity index (χ2v) is 4.84. The molecule has 2 rings (SSSR count). The molecule has 0 saturated carbocycles. The molecule has 0 bridgehead atoms. The molecular formula is C14H19NO2. The normalized spacial score (nSPS) is 27.9. The first kappa shape index (κ1) is 12.0. The zero-order valence-corrected chi connectivity index (χ0v) is 10.6. The lowest BCUT2D eigenvalue weighted by atomic mass is 9.77. The van der Waals surface area contributed by atoms with Crippen molar-refractivity contribution in [1.29, 1.82) is 0 Å². The summed E-state index contributed by atoms with van der Waals surface area (Å²) in [7, 11) is 0. The van der Waals surface area contributed by atoms with E-state index in [2.05, 4.69) is 31.3 Å². The van der Waals surface area contributed by atoms with Crippen LogP contribution in [0.25, 0.3) is 0 Å². The van der Waals surface area contributed by atoms with Gasteiger partial charge in [-0.2, -0.15) is 0 Å². The van der Waals surface area contributed by atoms with Crippen molar-refractivity contribution in [2.75, 3.05) is 6.61 Å². The van der Waals surface area contributed by atoms with Crippen molar-refractivity contribution in [3.05, 3.63) is 29.8 Å². The number of amides is 1. The maximum Gasteiger partial charge on any atom is 0.221 e. The highest BCUT2D eigenvalue weighted by atomic mass is 16.5. The van der Waals surface area contributed by atoms with Gasteiger partial charge in [0.15, 0.2) is 0 Å². The van der Waals surface area contributed by atoms with Crippen LogP contribution in [-0.4, -0.2) is 18.6 Å². The summed E-state index contributed by atoms with van der Waals surface area (Å²) in [5.74, 6) is 1.01. The van der Waals surface area contributed by atoms with E-state index in [-0.39, 0.29) is 17.4 Å². The Morgan fingerprint density at radius 2 is 2.06 bits per heavy atom. The first-order chi connectivity index (χ1) is 8.06. The second-order valence-electron chi connectivity index (χ2n) is 4.84. The van der Waals surface area contributed by atoms with Gasteiger partial charge < -0.3 is 10.1 Å². The zero-order valence-electron chi connectivity index (χ0n) is 10.6. The van der Waals surface area contributed by atoms with Crippen LogP contribution in [0.3, 0.4) is 0 Å². The van der Waals surface area contributed by atoms with E-state index in [0.29, 0.717) is 13.0 Å². The molecule has 1 N–H and O–H groups in total. The number of benzene rings is 1. The van der Waals surface area contributed by atoms with E-state index >= 15 is 0 Å². The van der Waals surface area contributed by atoms with Crippen LogP contribution < -0.4 is 10.1 Å². The maximum absolute atomic E-state index is 11.5. The Balaban J connectivity index is 2.24. The molecule has 1 heterocycles. The minimum Gasteiger partial charge on any atom is -0.494 e. The molecule has 0 radical (unpaired) electrons. The number of carbonyl (C=O) groups excluding carboxylic acids is 1. The van der Waals surface area contributed by atoms with Gasteiger partial charge in [0.05, 0.1) is 6.61 Å². The van der Waals surface area contributed by atoms with E-state index in [0.717, 1.165) is 5.75 Å². The Kier molecular flexibility index (Phi) is 3.09. The Morgan fingerprint density at radius 3 is 2.53 bits per heavy atom. The quantitative estimate of drug-likeness (QED) is 0.869. The van der Waals surface area contributed by atoms with E-state index in [1.54, 1.807) is 0 Å². The van der Waals surface area contributed by atoms with Crippen molar-refractivity contribution in [1.82, 2.24) is 5.32 Å². The molecule has 1 amide bonds. The summed E-state index contributed by atoms with van der Waals surface area (Å²) in [5.41, 5.74) is 1.08. The number of hydrogen-bond acceptors (Lipinski definition) is 2. The molecule has 17 heavy (non-hydrogen) atoms. The zero-order chi connectivity index (χ0) is 12.5. The fourth-order valence-electron chi connectivity index (χ4n) is 2.39. The molecule has 1 fully saturated rings. The molecule has 2 unspecified atom stereocenters. The minimum atomic E-state index is -0.109. The van der Waals surface area contributed by atoms with Crippen molar-refractivity contribution < 1.29 is 9.53 Å². The molecule has 92 valence electrons. The third-order valence-corrected chi connectivity index (χ3v) is 3.69. The SMILES string of the molecule is CCOc1ccc(C2(C)CC(=O)NC2C)cc1. The van der Waals surface area contributed by atoms with Crippen molar-refractivity contribution in [2.24, 2.45) is 0 Å². The summed E-state index contributed by atoms with van der Waals surface area (Å²) in [4.78, 5) is 11.5. The molecule has 1 saturated heterocycles. The Bertz CT molecular complexity index is 413. The van der Waals surface area contributed by atoms with Gasteiger partial charge in [0, 0.05) is 17.9 Å². The Morgan fingerprint density at radius 1 is 1.41 bits per heavy atom. The standard InChI is InChI=1S/C14H19NO2/c1-4-17-12-7-5-11(6-8-12)14(3)9-13(16)15-10(14)2/h5-8,10H,4,9H2,1-3H3,(H,15,16). The average molecular weight is 233 g/mol. The van der Waals surface area contributed by atoms with Crippen LogP contribution in [-0.2, 0) is 10.2 Å². The van der Waals surface area contributed by atoms with Gasteiger partial charge in [-0.1, -0.05) is 19.1 Å². The van der Waals surface area contributed by atoms with E-state index in [9.17, 15) is 4.79 Å². The summed E-state index contributed by atoms with van der Waals surface area (Å²) in [6.07, 6.45) is 0.558. The van der Waals surface area contributed by atoms with E-state index in [4.69, 9.17) is 4.74 Å². The first-order valence-corrected chi connectivity index (χ1v) is 6.09. The second kappa shape index (κ2) is 4.40. The summed E-state index contributed by atoms with van der Waals surface area (Å²) >= 11 is 0. The number of ether oxygens (including phenoxy) is 1. The molecule has 1 aliphatic heterocycles. The third kappa shape index (κ3) is 2.14. The van der Waals surface area contributed by atoms with Crippen LogP contribution in [0.4, 0.5) is 0 Å². The lowest BCUT2D eigenvalue weighted by Gasteiger charge is -2.28. The van der Waals surface area contributed by atoms with E-state index < -0.39 is 0 Å². The molecule has 0 aromatic heterocycles. The smallest absolute Gasteiger partial charge is 0.221 e. The van der Waals surface area contributed by atoms with Crippen molar-refractivity contribution in [2.45, 2.75) is 38.6 Å². The highest BCUT2D eigenvalue weighted by Gasteiger charge is 2.41. The molecule has 1 aliphatic rings. The number of nitrogens with one attached hydrogen (secondary N) is 1. The van der Waals surface area contributed by atoms with Crippen LogP contribution in [0.15, 0.2) is 24.3 Å². The number of carbonyl (C=O) groups is 1. The molecule has 1 aromatic rings. The van der Waals surface area contributed by atoms with E-state index in [1.165, 1.54) is 5.56 Å². The Hall–Kier alpha value is -1.51. The van der Waals surface area contributed by atoms with E-state index in [1.807, 2.05) is 19.1 Å².